The first-order chi connectivity index (χ1) is 5.79. The summed E-state index contributed by atoms with van der Waals surface area (Å²) >= 11 is 0. The fourth-order valence-electron chi connectivity index (χ4n) is 0.460. The molecule has 5 heteroatoms. The van der Waals surface area contributed by atoms with Crippen molar-refractivity contribution in [2.75, 3.05) is 7.05 Å². The molecule has 0 bridgehead atoms. The van der Waals surface area contributed by atoms with Crippen molar-refractivity contribution in [3.8, 4) is 0 Å². The number of hydrogen-bond donors (Lipinski definition) is 1. The molecule has 0 atom stereocenters. The molecule has 3 nitrogen and oxygen atoms in total. The Balaban J connectivity index is 0. The molecule has 2 N–H and O–H groups in total. The van der Waals surface area contributed by atoms with Crippen molar-refractivity contribution < 1.29 is 8.78 Å². The van der Waals surface area contributed by atoms with E-state index in [0.717, 1.165) is 6.07 Å². The molecule has 66 valence electrons. The van der Waals surface area contributed by atoms with Crippen LogP contribution in [0.4, 0.5) is 8.78 Å². The minimum atomic E-state index is -0.537. The van der Waals surface area contributed by atoms with Crippen molar-refractivity contribution in [2.24, 2.45) is 5.73 Å². The van der Waals surface area contributed by atoms with Crippen LogP contribution in [0.2, 0.25) is 0 Å². The predicted octanol–water partition coefficient (Wildman–Crippen LogP) is 1.57. The van der Waals surface area contributed by atoms with Gasteiger partial charge in [0, 0.05) is 16.9 Å². The molecule has 0 saturated carbocycles. The van der Waals surface area contributed by atoms with Gasteiger partial charge in [-0.25, -0.2) is 8.78 Å². The van der Waals surface area contributed by atoms with Crippen molar-refractivity contribution in [3.63, 3.8) is 0 Å². The van der Waals surface area contributed by atoms with Gasteiger partial charge in [0.2, 0.25) is 0 Å². The second kappa shape index (κ2) is 9.46. The first kappa shape index (κ1) is 13.1. The first-order valence-corrected chi connectivity index (χ1v) is 2.98. The Labute approximate surface area is 69.2 Å². The van der Waals surface area contributed by atoms with Gasteiger partial charge < -0.3 is 5.73 Å². The molecule has 0 fully saturated rings. The maximum absolute atomic E-state index is 11.9. The molecule has 0 saturated heterocycles. The summed E-state index contributed by atoms with van der Waals surface area (Å²) in [7, 11) is 1.50. The van der Waals surface area contributed by atoms with Crippen LogP contribution in [-0.4, -0.2) is 7.05 Å². The summed E-state index contributed by atoms with van der Waals surface area (Å²) < 4.78 is 23.9. The topological polar surface area (TPSA) is 73.6 Å². The van der Waals surface area contributed by atoms with Crippen LogP contribution in [0, 0.1) is 22.4 Å². The first-order valence-electron chi connectivity index (χ1n) is 2.98. The van der Waals surface area contributed by atoms with Gasteiger partial charge in [0.1, 0.15) is 11.6 Å². The normalized spacial score (nSPS) is 6.83. The minimum absolute atomic E-state index is 0.537. The molecule has 1 rings (SSSR count). The Morgan fingerprint density at radius 1 is 1.08 bits per heavy atom. The highest BCUT2D eigenvalue weighted by Gasteiger charge is 1.88. The molecule has 1 aromatic carbocycles. The number of hydrogen-bond acceptors (Lipinski definition) is 3. The van der Waals surface area contributed by atoms with E-state index in [1.54, 1.807) is 0 Å². The molecule has 0 aliphatic rings. The highest BCUT2D eigenvalue weighted by atomic mass is 19.1. The lowest BCUT2D eigenvalue weighted by atomic mass is 10.3. The van der Waals surface area contributed by atoms with E-state index in [1.807, 2.05) is 0 Å². The zero-order valence-corrected chi connectivity index (χ0v) is 6.54. The maximum Gasteiger partial charge on any atom is 0.126 e. The Kier molecular flexibility index (Phi) is 10.3. The van der Waals surface area contributed by atoms with Gasteiger partial charge in [0.15, 0.2) is 0 Å². The van der Waals surface area contributed by atoms with Crippen LogP contribution < -0.4 is 5.73 Å². The Bertz CT molecular complexity index is 208. The lowest BCUT2D eigenvalue weighted by Crippen LogP contribution is -1.73. The summed E-state index contributed by atoms with van der Waals surface area (Å²) in [5, 5.41) is 12.0. The third-order valence-corrected chi connectivity index (χ3v) is 0.787. The molecule has 0 heterocycles. The molecule has 0 unspecified atom stereocenters. The fraction of sp³-hybridized carbons (Fsp3) is 0.143. The summed E-state index contributed by atoms with van der Waals surface area (Å²) in [6, 6.07) is 4.55. The van der Waals surface area contributed by atoms with E-state index in [4.69, 9.17) is 10.8 Å². The van der Waals surface area contributed by atoms with Crippen molar-refractivity contribution in [3.05, 3.63) is 35.9 Å². The van der Waals surface area contributed by atoms with E-state index in [0.29, 0.717) is 0 Å². The average Bonchev–Trinajstić information content (AvgIpc) is 2.11. The quantitative estimate of drug-likeness (QED) is 0.605. The summed E-state index contributed by atoms with van der Waals surface area (Å²) in [5.41, 5.74) is 4.50. The number of benzene rings is 1. The summed E-state index contributed by atoms with van der Waals surface area (Å²) in [5.74, 6) is -1.07. The number of nitrogens with zero attached hydrogens (tertiary/aromatic N) is 2. The molecule has 1 aromatic rings. The van der Waals surface area contributed by atoms with E-state index >= 15 is 0 Å². The van der Waals surface area contributed by atoms with E-state index < -0.39 is 11.6 Å². The van der Waals surface area contributed by atoms with Gasteiger partial charge in [0.25, 0.3) is 0 Å². The number of halogens is 2. The van der Waals surface area contributed by atoms with Gasteiger partial charge in [-0.2, -0.15) is 0 Å². The average molecular weight is 173 g/mol. The molecule has 0 spiro atoms. The second-order valence-corrected chi connectivity index (χ2v) is 1.44. The molecular weight excluding hydrogens is 164 g/mol. The molecule has 0 amide bonds. The zero-order valence-electron chi connectivity index (χ0n) is 6.54. The van der Waals surface area contributed by atoms with Crippen molar-refractivity contribution in [2.45, 2.75) is 0 Å². The van der Waals surface area contributed by atoms with Gasteiger partial charge in [-0.05, 0) is 19.2 Å². The number of nitrogens with two attached hydrogens (primary N) is 1. The molecule has 0 aliphatic carbocycles. The van der Waals surface area contributed by atoms with Crippen LogP contribution in [-0.2, 0) is 0 Å². The predicted molar refractivity (Wildman–Crippen MR) is 39.9 cm³/mol. The monoisotopic (exact) mass is 173 g/mol. The van der Waals surface area contributed by atoms with Gasteiger partial charge in [-0.3, -0.25) is 0 Å². The van der Waals surface area contributed by atoms with Crippen LogP contribution >= 0.6 is 0 Å². The Morgan fingerprint density at radius 3 is 1.58 bits per heavy atom. The van der Waals surface area contributed by atoms with Gasteiger partial charge >= 0.3 is 0 Å². The highest BCUT2D eigenvalue weighted by molar-refractivity contribution is 5.04. The van der Waals surface area contributed by atoms with Crippen molar-refractivity contribution in [1.82, 2.24) is 0 Å². The second-order valence-electron chi connectivity index (χ2n) is 1.44. The van der Waals surface area contributed by atoms with E-state index in [1.165, 1.54) is 25.2 Å². The van der Waals surface area contributed by atoms with Crippen molar-refractivity contribution >= 4 is 0 Å². The zero-order chi connectivity index (χ0) is 9.98. The van der Waals surface area contributed by atoms with E-state index in [2.05, 4.69) is 5.73 Å². The summed E-state index contributed by atoms with van der Waals surface area (Å²) in [6.07, 6.45) is 0. The SMILES string of the molecule is CN.Fc1cccc(F)c1.N#N. The molecule has 0 aromatic heterocycles. The van der Waals surface area contributed by atoms with Gasteiger partial charge in [0.05, 0.1) is 0 Å². The lowest BCUT2D eigenvalue weighted by molar-refractivity contribution is 0.583. The van der Waals surface area contributed by atoms with E-state index in [-0.39, 0.29) is 0 Å². The maximum atomic E-state index is 11.9. The van der Waals surface area contributed by atoms with Crippen molar-refractivity contribution in [1.29, 1.82) is 10.8 Å². The van der Waals surface area contributed by atoms with Crippen LogP contribution in [0.1, 0.15) is 0 Å². The largest absolute Gasteiger partial charge is 0.333 e. The fourth-order valence-corrected chi connectivity index (χ4v) is 0.460. The van der Waals surface area contributed by atoms with Crippen LogP contribution in [0.25, 0.3) is 0 Å². The molecule has 0 aliphatic heterocycles. The van der Waals surface area contributed by atoms with Crippen LogP contribution in [0.15, 0.2) is 24.3 Å². The molecule has 0 radical (unpaired) electrons. The van der Waals surface area contributed by atoms with Crippen LogP contribution in [0.3, 0.4) is 0 Å². The third-order valence-electron chi connectivity index (χ3n) is 0.787. The van der Waals surface area contributed by atoms with Gasteiger partial charge in [-0.1, -0.05) is 6.07 Å². The standard InChI is InChI=1S/C6H4F2.CH5N.N2/c7-5-2-1-3-6(8)4-5;2*1-2/h1-4H;2H2,1H3;. The summed E-state index contributed by atoms with van der Waals surface area (Å²) in [4.78, 5) is 0. The van der Waals surface area contributed by atoms with E-state index in [9.17, 15) is 8.78 Å². The smallest absolute Gasteiger partial charge is 0.126 e. The Morgan fingerprint density at radius 2 is 1.42 bits per heavy atom. The lowest BCUT2D eigenvalue weighted by Gasteiger charge is -1.84. The highest BCUT2D eigenvalue weighted by Crippen LogP contribution is 1.99. The molecular formula is C7H9F2N3. The van der Waals surface area contributed by atoms with Gasteiger partial charge in [-0.15, -0.1) is 0 Å². The Hall–Kier alpha value is -1.54. The summed E-state index contributed by atoms with van der Waals surface area (Å²) in [6.45, 7) is 0. The minimum Gasteiger partial charge on any atom is -0.333 e. The third kappa shape index (κ3) is 6.58. The van der Waals surface area contributed by atoms with Crippen LogP contribution in [0.5, 0.6) is 0 Å². The molecule has 12 heavy (non-hydrogen) atoms. The number of rotatable bonds is 0.